The molecular formula is C11H14ClNO3. The maximum absolute atomic E-state index is 11.7. The number of amides is 1. The standard InChI is InChI=1S/C11H14ClNO3/c1-7-8(2-4-15-7)6-13-11(14)9-3-5-16-10(9)12/h3,5,7-8H,2,4,6H2,1H3,(H,13,14). The predicted molar refractivity (Wildman–Crippen MR) is 59.6 cm³/mol. The van der Waals surface area contributed by atoms with Gasteiger partial charge in [0.25, 0.3) is 5.91 Å². The van der Waals surface area contributed by atoms with E-state index in [1.807, 2.05) is 6.92 Å². The number of halogens is 1. The minimum atomic E-state index is -0.196. The molecule has 1 aromatic heterocycles. The molecule has 1 aliphatic heterocycles. The Bertz CT molecular complexity index is 377. The zero-order valence-corrected chi connectivity index (χ0v) is 9.79. The topological polar surface area (TPSA) is 51.5 Å². The quantitative estimate of drug-likeness (QED) is 0.885. The SMILES string of the molecule is CC1OCCC1CNC(=O)c1ccoc1Cl. The second-order valence-electron chi connectivity index (χ2n) is 3.94. The molecule has 1 saturated heterocycles. The fourth-order valence-corrected chi connectivity index (χ4v) is 2.02. The van der Waals surface area contributed by atoms with Gasteiger partial charge in [-0.15, -0.1) is 0 Å². The molecule has 2 unspecified atom stereocenters. The van der Waals surface area contributed by atoms with Gasteiger partial charge in [-0.3, -0.25) is 4.79 Å². The molecule has 1 amide bonds. The zero-order chi connectivity index (χ0) is 11.5. The Hall–Kier alpha value is -1.00. The van der Waals surface area contributed by atoms with E-state index in [9.17, 15) is 4.79 Å². The molecule has 2 heterocycles. The van der Waals surface area contributed by atoms with Gasteiger partial charge in [-0.1, -0.05) is 0 Å². The number of ether oxygens (including phenoxy) is 1. The summed E-state index contributed by atoms with van der Waals surface area (Å²) in [6.07, 6.45) is 2.60. The van der Waals surface area contributed by atoms with Crippen LogP contribution in [0.5, 0.6) is 0 Å². The summed E-state index contributed by atoms with van der Waals surface area (Å²) < 4.78 is 10.3. The molecule has 1 aromatic rings. The van der Waals surface area contributed by atoms with Gasteiger partial charge in [0.05, 0.1) is 17.9 Å². The average Bonchev–Trinajstić information content (AvgIpc) is 2.84. The maximum atomic E-state index is 11.7. The van der Waals surface area contributed by atoms with Crippen LogP contribution in [0.1, 0.15) is 23.7 Å². The Labute approximate surface area is 98.9 Å². The van der Waals surface area contributed by atoms with E-state index >= 15 is 0 Å². The minimum Gasteiger partial charge on any atom is -0.452 e. The average molecular weight is 244 g/mol. The smallest absolute Gasteiger partial charge is 0.256 e. The molecule has 5 heteroatoms. The summed E-state index contributed by atoms with van der Waals surface area (Å²) >= 11 is 5.71. The van der Waals surface area contributed by atoms with E-state index in [2.05, 4.69) is 5.32 Å². The van der Waals surface area contributed by atoms with Gasteiger partial charge in [-0.25, -0.2) is 0 Å². The summed E-state index contributed by atoms with van der Waals surface area (Å²) in [5, 5.41) is 2.97. The summed E-state index contributed by atoms with van der Waals surface area (Å²) in [7, 11) is 0. The van der Waals surface area contributed by atoms with Crippen molar-refractivity contribution in [3.8, 4) is 0 Å². The fourth-order valence-electron chi connectivity index (χ4n) is 1.82. The third kappa shape index (κ3) is 2.39. The predicted octanol–water partition coefficient (Wildman–Crippen LogP) is 2.09. The summed E-state index contributed by atoms with van der Waals surface area (Å²) in [6, 6.07) is 1.56. The van der Waals surface area contributed by atoms with Crippen LogP contribution in [0.4, 0.5) is 0 Å². The van der Waals surface area contributed by atoms with E-state index in [0.717, 1.165) is 13.0 Å². The second-order valence-corrected chi connectivity index (χ2v) is 4.29. The zero-order valence-electron chi connectivity index (χ0n) is 9.03. The molecule has 4 nitrogen and oxygen atoms in total. The van der Waals surface area contributed by atoms with Crippen LogP contribution in [0.25, 0.3) is 0 Å². The van der Waals surface area contributed by atoms with E-state index in [-0.39, 0.29) is 17.2 Å². The first-order chi connectivity index (χ1) is 7.68. The Kier molecular flexibility index (Phi) is 3.51. The van der Waals surface area contributed by atoms with Gasteiger partial charge in [0, 0.05) is 19.1 Å². The van der Waals surface area contributed by atoms with Crippen molar-refractivity contribution >= 4 is 17.5 Å². The molecule has 88 valence electrons. The molecule has 0 aromatic carbocycles. The first kappa shape index (κ1) is 11.5. The number of carbonyl (C=O) groups is 1. The molecule has 16 heavy (non-hydrogen) atoms. The number of hydrogen-bond acceptors (Lipinski definition) is 3. The van der Waals surface area contributed by atoms with Gasteiger partial charge in [0.1, 0.15) is 0 Å². The third-order valence-electron chi connectivity index (χ3n) is 2.92. The highest BCUT2D eigenvalue weighted by atomic mass is 35.5. The number of nitrogens with one attached hydrogen (secondary N) is 1. The second kappa shape index (κ2) is 4.89. The van der Waals surface area contributed by atoms with Crippen LogP contribution in [-0.4, -0.2) is 25.2 Å². The lowest BCUT2D eigenvalue weighted by molar-refractivity contribution is 0.0907. The molecule has 0 aliphatic carbocycles. The molecule has 0 saturated carbocycles. The van der Waals surface area contributed by atoms with E-state index in [0.29, 0.717) is 18.0 Å². The minimum absolute atomic E-state index is 0.133. The maximum Gasteiger partial charge on any atom is 0.256 e. The lowest BCUT2D eigenvalue weighted by atomic mass is 10.0. The fraction of sp³-hybridized carbons (Fsp3) is 0.545. The summed E-state index contributed by atoms with van der Waals surface area (Å²) in [6.45, 7) is 3.41. The normalized spacial score (nSPS) is 24.6. The molecular weight excluding hydrogens is 230 g/mol. The molecule has 0 radical (unpaired) electrons. The lowest BCUT2D eigenvalue weighted by Crippen LogP contribution is -2.31. The Balaban J connectivity index is 1.86. The van der Waals surface area contributed by atoms with Gasteiger partial charge >= 0.3 is 0 Å². The van der Waals surface area contributed by atoms with Crippen molar-refractivity contribution in [2.24, 2.45) is 5.92 Å². The summed E-state index contributed by atoms with van der Waals surface area (Å²) in [4.78, 5) is 11.7. The lowest BCUT2D eigenvalue weighted by Gasteiger charge is -2.14. The van der Waals surface area contributed by atoms with Crippen LogP contribution in [0.2, 0.25) is 5.22 Å². The third-order valence-corrected chi connectivity index (χ3v) is 3.21. The summed E-state index contributed by atoms with van der Waals surface area (Å²) in [5.74, 6) is 0.187. The van der Waals surface area contributed by atoms with Gasteiger partial charge in [-0.2, -0.15) is 0 Å². The van der Waals surface area contributed by atoms with Crippen LogP contribution < -0.4 is 5.32 Å². The van der Waals surface area contributed by atoms with E-state index in [4.69, 9.17) is 20.8 Å². The Morgan fingerprint density at radius 1 is 1.69 bits per heavy atom. The number of rotatable bonds is 3. The van der Waals surface area contributed by atoms with Crippen molar-refractivity contribution in [3.05, 3.63) is 23.1 Å². The van der Waals surface area contributed by atoms with Gasteiger partial charge in [0.2, 0.25) is 5.22 Å². The van der Waals surface area contributed by atoms with Crippen molar-refractivity contribution in [2.75, 3.05) is 13.2 Å². The van der Waals surface area contributed by atoms with Crippen molar-refractivity contribution in [3.63, 3.8) is 0 Å². The number of furan rings is 1. The Morgan fingerprint density at radius 3 is 3.06 bits per heavy atom. The van der Waals surface area contributed by atoms with Crippen LogP contribution in [0.15, 0.2) is 16.7 Å². The van der Waals surface area contributed by atoms with Crippen molar-refractivity contribution < 1.29 is 13.9 Å². The molecule has 1 aliphatic rings. The van der Waals surface area contributed by atoms with Crippen LogP contribution in [0.3, 0.4) is 0 Å². The molecule has 0 spiro atoms. The van der Waals surface area contributed by atoms with Crippen LogP contribution in [-0.2, 0) is 4.74 Å². The molecule has 1 N–H and O–H groups in total. The van der Waals surface area contributed by atoms with E-state index in [1.54, 1.807) is 6.07 Å². The van der Waals surface area contributed by atoms with Crippen molar-refractivity contribution in [2.45, 2.75) is 19.4 Å². The molecule has 0 bridgehead atoms. The number of hydrogen-bond donors (Lipinski definition) is 1. The molecule has 2 atom stereocenters. The number of carbonyl (C=O) groups excluding carboxylic acids is 1. The highest BCUT2D eigenvalue weighted by molar-refractivity contribution is 6.32. The highest BCUT2D eigenvalue weighted by Gasteiger charge is 2.25. The monoisotopic (exact) mass is 243 g/mol. The highest BCUT2D eigenvalue weighted by Crippen LogP contribution is 2.20. The van der Waals surface area contributed by atoms with Crippen molar-refractivity contribution in [1.82, 2.24) is 5.32 Å². The first-order valence-corrected chi connectivity index (χ1v) is 5.69. The first-order valence-electron chi connectivity index (χ1n) is 5.31. The Morgan fingerprint density at radius 2 is 2.50 bits per heavy atom. The van der Waals surface area contributed by atoms with Gasteiger partial charge in [-0.05, 0) is 31.0 Å². The molecule has 2 rings (SSSR count). The van der Waals surface area contributed by atoms with Crippen molar-refractivity contribution in [1.29, 1.82) is 0 Å². The van der Waals surface area contributed by atoms with Crippen LogP contribution >= 0.6 is 11.6 Å². The van der Waals surface area contributed by atoms with Crippen LogP contribution in [0, 0.1) is 5.92 Å². The largest absolute Gasteiger partial charge is 0.452 e. The van der Waals surface area contributed by atoms with E-state index in [1.165, 1.54) is 6.26 Å². The molecule has 1 fully saturated rings. The van der Waals surface area contributed by atoms with E-state index < -0.39 is 0 Å². The van der Waals surface area contributed by atoms with Gasteiger partial charge in [0.15, 0.2) is 0 Å². The summed E-state index contributed by atoms with van der Waals surface area (Å²) in [5.41, 5.74) is 0.383. The van der Waals surface area contributed by atoms with Gasteiger partial charge < -0.3 is 14.5 Å².